The molecule has 0 aromatic heterocycles. The second-order valence-electron chi connectivity index (χ2n) is 9.28. The van der Waals surface area contributed by atoms with Crippen molar-refractivity contribution >= 4 is 35.2 Å². The Morgan fingerprint density at radius 3 is 2.54 bits per heavy atom. The van der Waals surface area contributed by atoms with Crippen LogP contribution < -0.4 is 10.1 Å². The summed E-state index contributed by atoms with van der Waals surface area (Å²) >= 11 is 5.86. The first-order valence-electron chi connectivity index (χ1n) is 12.3. The number of likely N-dealkylation sites (N-methyl/N-ethyl adjacent to an activating group) is 1. The van der Waals surface area contributed by atoms with Crippen molar-refractivity contribution in [3.63, 3.8) is 0 Å². The number of rotatable bonds is 11. The van der Waals surface area contributed by atoms with Gasteiger partial charge in [-0.05, 0) is 57.0 Å². The van der Waals surface area contributed by atoms with Crippen LogP contribution in [0.1, 0.15) is 38.8 Å². The zero-order chi connectivity index (χ0) is 28.7. The Hall–Kier alpha value is -4.12. The van der Waals surface area contributed by atoms with Crippen LogP contribution in [0.3, 0.4) is 0 Å². The standard InChI is InChI=1S/C27H31ClN4O7/c1-17(2)39-26(34)24-18(3)29-27(35)31(25(24)19-7-5-8-21(15-19)32(36)37)14-6-13-30(4)23(33)16-38-22-11-9-20(28)10-12-22/h5,7-12,15,17,25H,6,13-14,16H2,1-4H3,(H,29,35). The van der Waals surface area contributed by atoms with Gasteiger partial charge in [-0.1, -0.05) is 23.7 Å². The number of nitrogens with one attached hydrogen (secondary N) is 1. The summed E-state index contributed by atoms with van der Waals surface area (Å²) in [4.78, 5) is 52.5. The first-order valence-corrected chi connectivity index (χ1v) is 12.7. The molecule has 0 bridgehead atoms. The Balaban J connectivity index is 1.76. The van der Waals surface area contributed by atoms with E-state index in [2.05, 4.69) is 5.32 Å². The molecule has 0 fully saturated rings. The maximum Gasteiger partial charge on any atom is 0.338 e. The van der Waals surface area contributed by atoms with E-state index in [4.69, 9.17) is 21.1 Å². The van der Waals surface area contributed by atoms with E-state index in [1.54, 1.807) is 58.2 Å². The van der Waals surface area contributed by atoms with Gasteiger partial charge in [-0.25, -0.2) is 9.59 Å². The van der Waals surface area contributed by atoms with Crippen molar-refractivity contribution in [3.8, 4) is 5.75 Å². The summed E-state index contributed by atoms with van der Waals surface area (Å²) in [5.74, 6) is -0.384. The summed E-state index contributed by atoms with van der Waals surface area (Å²) < 4.78 is 10.9. The Morgan fingerprint density at radius 2 is 1.90 bits per heavy atom. The van der Waals surface area contributed by atoms with Crippen LogP contribution in [-0.4, -0.2) is 65.5 Å². The molecule has 11 nitrogen and oxygen atoms in total. The molecule has 1 heterocycles. The number of nitro groups is 1. The van der Waals surface area contributed by atoms with E-state index in [9.17, 15) is 24.5 Å². The Kier molecular flexibility index (Phi) is 9.89. The van der Waals surface area contributed by atoms with Crippen LogP contribution >= 0.6 is 11.6 Å². The molecule has 0 spiro atoms. The molecule has 1 unspecified atom stereocenters. The number of allylic oxidation sites excluding steroid dienone is 1. The maximum absolute atomic E-state index is 13.1. The molecule has 0 aliphatic carbocycles. The molecule has 0 saturated heterocycles. The van der Waals surface area contributed by atoms with Crippen molar-refractivity contribution in [3.05, 3.63) is 80.5 Å². The van der Waals surface area contributed by atoms with Gasteiger partial charge in [-0.15, -0.1) is 0 Å². The van der Waals surface area contributed by atoms with Gasteiger partial charge in [0.25, 0.3) is 11.6 Å². The molecule has 1 aliphatic heterocycles. The number of esters is 1. The van der Waals surface area contributed by atoms with Gasteiger partial charge in [0.1, 0.15) is 5.75 Å². The minimum Gasteiger partial charge on any atom is -0.484 e. The summed E-state index contributed by atoms with van der Waals surface area (Å²) in [5, 5.41) is 14.7. The topological polar surface area (TPSA) is 131 Å². The fraction of sp³-hybridized carbons (Fsp3) is 0.370. The van der Waals surface area contributed by atoms with Gasteiger partial charge in [0.2, 0.25) is 0 Å². The van der Waals surface area contributed by atoms with Crippen LogP contribution in [0.4, 0.5) is 10.5 Å². The van der Waals surface area contributed by atoms with Gasteiger partial charge in [-0.3, -0.25) is 14.9 Å². The molecule has 3 rings (SSSR count). The number of amides is 3. The third-order valence-corrected chi connectivity index (χ3v) is 6.25. The van der Waals surface area contributed by atoms with Crippen LogP contribution in [0.5, 0.6) is 5.75 Å². The maximum atomic E-state index is 13.1. The third-order valence-electron chi connectivity index (χ3n) is 6.00. The SMILES string of the molecule is CC1=C(C(=O)OC(C)C)C(c2cccc([N+](=O)[O-])c2)N(CCCN(C)C(=O)COc2ccc(Cl)cc2)C(=O)N1. The van der Waals surface area contributed by atoms with Gasteiger partial charge in [0.05, 0.1) is 22.6 Å². The number of nitrogens with zero attached hydrogens (tertiary/aromatic N) is 3. The fourth-order valence-corrected chi connectivity index (χ4v) is 4.22. The highest BCUT2D eigenvalue weighted by molar-refractivity contribution is 6.30. The molecule has 3 amide bonds. The van der Waals surface area contributed by atoms with Crippen LogP contribution in [-0.2, 0) is 14.3 Å². The molecule has 1 aliphatic rings. The number of hydrogen-bond acceptors (Lipinski definition) is 7. The highest BCUT2D eigenvalue weighted by Gasteiger charge is 2.39. The largest absolute Gasteiger partial charge is 0.484 e. The third kappa shape index (κ3) is 7.70. The van der Waals surface area contributed by atoms with E-state index >= 15 is 0 Å². The number of hydrogen-bond donors (Lipinski definition) is 1. The highest BCUT2D eigenvalue weighted by atomic mass is 35.5. The Morgan fingerprint density at radius 1 is 1.21 bits per heavy atom. The van der Waals surface area contributed by atoms with Gasteiger partial charge in [-0.2, -0.15) is 0 Å². The Labute approximate surface area is 231 Å². The first kappa shape index (κ1) is 29.4. The van der Waals surface area contributed by atoms with Crippen molar-refractivity contribution in [1.29, 1.82) is 0 Å². The summed E-state index contributed by atoms with van der Waals surface area (Å²) in [6, 6.07) is 11.1. The number of ether oxygens (including phenoxy) is 2. The summed E-state index contributed by atoms with van der Waals surface area (Å²) in [6.07, 6.45) is -0.0440. The van der Waals surface area contributed by atoms with Crippen molar-refractivity contribution in [2.45, 2.75) is 39.3 Å². The molecule has 0 saturated carbocycles. The summed E-state index contributed by atoms with van der Waals surface area (Å²) in [7, 11) is 1.62. The highest BCUT2D eigenvalue weighted by Crippen LogP contribution is 2.36. The quantitative estimate of drug-likeness (QED) is 0.244. The summed E-state index contributed by atoms with van der Waals surface area (Å²) in [5.41, 5.74) is 0.725. The molecule has 208 valence electrons. The lowest BCUT2D eigenvalue weighted by molar-refractivity contribution is -0.384. The molecule has 12 heteroatoms. The molecule has 0 radical (unpaired) electrons. The zero-order valence-electron chi connectivity index (χ0n) is 22.2. The normalized spacial score (nSPS) is 15.2. The second-order valence-corrected chi connectivity index (χ2v) is 9.72. The van der Waals surface area contributed by atoms with Crippen LogP contribution in [0.2, 0.25) is 5.02 Å². The lowest BCUT2D eigenvalue weighted by atomic mass is 9.93. The predicted octanol–water partition coefficient (Wildman–Crippen LogP) is 4.47. The number of carbonyl (C=O) groups is 3. The molecular formula is C27H31ClN4O7. The number of nitro benzene ring substituents is 1. The zero-order valence-corrected chi connectivity index (χ0v) is 22.9. The van der Waals surface area contributed by atoms with Gasteiger partial charge >= 0.3 is 12.0 Å². The molecule has 1 atom stereocenters. The number of urea groups is 1. The Bertz CT molecular complexity index is 1260. The van der Waals surface area contributed by atoms with Gasteiger partial charge < -0.3 is 24.6 Å². The van der Waals surface area contributed by atoms with E-state index in [1.165, 1.54) is 28.0 Å². The lowest BCUT2D eigenvalue weighted by Gasteiger charge is -2.38. The number of benzene rings is 2. The fourth-order valence-electron chi connectivity index (χ4n) is 4.09. The van der Waals surface area contributed by atoms with Crippen molar-refractivity contribution < 1.29 is 28.8 Å². The van der Waals surface area contributed by atoms with Crippen LogP contribution in [0, 0.1) is 10.1 Å². The minimum atomic E-state index is -0.917. The first-order chi connectivity index (χ1) is 18.5. The number of carbonyl (C=O) groups excluding carboxylic acids is 3. The molecule has 1 N–H and O–H groups in total. The molecule has 2 aromatic rings. The van der Waals surface area contributed by atoms with E-state index in [-0.39, 0.29) is 30.3 Å². The molecule has 2 aromatic carbocycles. The predicted molar refractivity (Wildman–Crippen MR) is 144 cm³/mol. The second kappa shape index (κ2) is 13.1. The van der Waals surface area contributed by atoms with E-state index < -0.39 is 29.1 Å². The average Bonchev–Trinajstić information content (AvgIpc) is 2.88. The van der Waals surface area contributed by atoms with Crippen LogP contribution in [0.15, 0.2) is 59.8 Å². The summed E-state index contributed by atoms with van der Waals surface area (Å²) in [6.45, 7) is 5.27. The smallest absolute Gasteiger partial charge is 0.338 e. The van der Waals surface area contributed by atoms with E-state index in [0.717, 1.165) is 0 Å². The average molecular weight is 559 g/mol. The van der Waals surface area contributed by atoms with Gasteiger partial charge in [0.15, 0.2) is 6.61 Å². The van der Waals surface area contributed by atoms with E-state index in [0.29, 0.717) is 35.0 Å². The van der Waals surface area contributed by atoms with Crippen molar-refractivity contribution in [2.24, 2.45) is 0 Å². The molecule has 39 heavy (non-hydrogen) atoms. The van der Waals surface area contributed by atoms with Gasteiger partial charge in [0, 0.05) is 43.0 Å². The molecular weight excluding hydrogens is 528 g/mol. The van der Waals surface area contributed by atoms with Crippen LogP contribution in [0.25, 0.3) is 0 Å². The minimum absolute atomic E-state index is 0.153. The van der Waals surface area contributed by atoms with E-state index in [1.807, 2.05) is 0 Å². The monoisotopic (exact) mass is 558 g/mol. The van der Waals surface area contributed by atoms with Crippen molar-refractivity contribution in [2.75, 3.05) is 26.7 Å². The number of non-ortho nitro benzene ring substituents is 1. The van der Waals surface area contributed by atoms with Crippen molar-refractivity contribution in [1.82, 2.24) is 15.1 Å². The number of halogens is 1. The lowest BCUT2D eigenvalue weighted by Crippen LogP contribution is -2.49.